The molecule has 0 spiro atoms. The van der Waals surface area contributed by atoms with Crippen molar-refractivity contribution in [3.8, 4) is 22.8 Å². The molecule has 8 heteroatoms. The maximum Gasteiger partial charge on any atom is 0.251 e. The fourth-order valence-corrected chi connectivity index (χ4v) is 3.77. The summed E-state index contributed by atoms with van der Waals surface area (Å²) in [4.78, 5) is 24.2. The van der Waals surface area contributed by atoms with Crippen molar-refractivity contribution < 1.29 is 14.3 Å². The lowest BCUT2D eigenvalue weighted by Gasteiger charge is -2.21. The molecule has 1 unspecified atom stereocenters. The largest absolute Gasteiger partial charge is 0.497 e. The molecule has 1 atom stereocenters. The van der Waals surface area contributed by atoms with Gasteiger partial charge in [0.25, 0.3) is 5.91 Å². The molecule has 0 saturated carbocycles. The van der Waals surface area contributed by atoms with Crippen molar-refractivity contribution in [2.24, 2.45) is 0 Å². The van der Waals surface area contributed by atoms with Crippen molar-refractivity contribution in [2.75, 3.05) is 34.9 Å². The Hall–Kier alpha value is -3.91. The molecule has 4 aromatic rings. The zero-order valence-corrected chi connectivity index (χ0v) is 19.9. The lowest BCUT2D eigenvalue weighted by Crippen LogP contribution is -2.31. The molecule has 1 N–H and O–H groups in total. The molecule has 0 saturated heterocycles. The maximum atomic E-state index is 12.9. The average molecular weight is 460 g/mol. The average Bonchev–Trinajstić information content (AvgIpc) is 3.29. The van der Waals surface area contributed by atoms with Gasteiger partial charge in [0.15, 0.2) is 5.65 Å². The smallest absolute Gasteiger partial charge is 0.251 e. The van der Waals surface area contributed by atoms with E-state index in [2.05, 4.69) is 20.2 Å². The number of fused-ring (bicyclic) bond motifs is 1. The fraction of sp³-hybridized carbons (Fsp3) is 0.269. The number of nitrogens with zero attached hydrogens (tertiary/aromatic N) is 4. The van der Waals surface area contributed by atoms with Gasteiger partial charge in [-0.25, -0.2) is 4.98 Å². The molecule has 2 heterocycles. The standard InChI is InChI=1S/C26H29N5O3/c1-30(2)11-10-22(29-26(32)18-8-6-5-7-9-18)23-17-31-24(15-28-25(31)16-27-23)19-12-20(33-3)14-21(13-19)34-4/h5-9,12-17,22H,10-11H2,1-4H3,(H,29,32). The van der Waals surface area contributed by atoms with Gasteiger partial charge in [-0.15, -0.1) is 0 Å². The van der Waals surface area contributed by atoms with E-state index >= 15 is 0 Å². The number of methoxy groups -OCH3 is 2. The Kier molecular flexibility index (Phi) is 7.08. The van der Waals surface area contributed by atoms with Crippen molar-refractivity contribution in [1.82, 2.24) is 24.6 Å². The fourth-order valence-electron chi connectivity index (χ4n) is 3.77. The number of ether oxygens (including phenoxy) is 2. The number of amides is 1. The molecule has 0 radical (unpaired) electrons. The molecule has 0 aliphatic rings. The third kappa shape index (κ3) is 5.18. The molecule has 0 aliphatic heterocycles. The van der Waals surface area contributed by atoms with Crippen LogP contribution in [0.15, 0.2) is 67.1 Å². The number of hydrogen-bond donors (Lipinski definition) is 1. The molecule has 0 aliphatic carbocycles. The Labute approximate surface area is 199 Å². The van der Waals surface area contributed by atoms with E-state index in [1.54, 1.807) is 38.7 Å². The lowest BCUT2D eigenvalue weighted by molar-refractivity contribution is 0.0931. The molecule has 2 aromatic heterocycles. The van der Waals surface area contributed by atoms with Crippen molar-refractivity contribution in [1.29, 1.82) is 0 Å². The van der Waals surface area contributed by atoms with Crippen molar-refractivity contribution in [3.05, 3.63) is 78.4 Å². The molecule has 1 amide bonds. The van der Waals surface area contributed by atoms with Crippen molar-refractivity contribution >= 4 is 11.6 Å². The number of nitrogens with one attached hydrogen (secondary N) is 1. The van der Waals surface area contributed by atoms with E-state index in [9.17, 15) is 4.79 Å². The van der Waals surface area contributed by atoms with Gasteiger partial charge < -0.3 is 19.7 Å². The highest BCUT2D eigenvalue weighted by Crippen LogP contribution is 2.30. The first-order chi connectivity index (χ1) is 16.5. The number of benzene rings is 2. The molecule has 2 aromatic carbocycles. The molecule has 8 nitrogen and oxygen atoms in total. The number of hydrogen-bond acceptors (Lipinski definition) is 6. The van der Waals surface area contributed by atoms with Gasteiger partial charge in [0.2, 0.25) is 0 Å². The minimum atomic E-state index is -0.269. The van der Waals surface area contributed by atoms with E-state index in [1.807, 2.05) is 61.1 Å². The minimum Gasteiger partial charge on any atom is -0.497 e. The van der Waals surface area contributed by atoms with Crippen molar-refractivity contribution in [2.45, 2.75) is 12.5 Å². The second kappa shape index (κ2) is 10.4. The van der Waals surface area contributed by atoms with Crippen molar-refractivity contribution in [3.63, 3.8) is 0 Å². The van der Waals surface area contributed by atoms with E-state index in [4.69, 9.17) is 9.47 Å². The minimum absolute atomic E-state index is 0.130. The van der Waals surface area contributed by atoms with E-state index in [0.717, 1.165) is 23.5 Å². The molecular weight excluding hydrogens is 430 g/mol. The molecule has 0 bridgehead atoms. The van der Waals surface area contributed by atoms with Crippen LogP contribution in [0.3, 0.4) is 0 Å². The van der Waals surface area contributed by atoms with Gasteiger partial charge in [-0.3, -0.25) is 14.2 Å². The van der Waals surface area contributed by atoms with Gasteiger partial charge in [-0.05, 0) is 51.3 Å². The number of imidazole rings is 1. The van der Waals surface area contributed by atoms with Crippen LogP contribution in [0.25, 0.3) is 16.9 Å². The quantitative estimate of drug-likeness (QED) is 0.410. The predicted molar refractivity (Wildman–Crippen MR) is 131 cm³/mol. The number of carbonyl (C=O) groups excluding carboxylic acids is 1. The highest BCUT2D eigenvalue weighted by Gasteiger charge is 2.19. The highest BCUT2D eigenvalue weighted by atomic mass is 16.5. The Bertz CT molecular complexity index is 1250. The van der Waals surface area contributed by atoms with Crippen LogP contribution in [-0.2, 0) is 0 Å². The summed E-state index contributed by atoms with van der Waals surface area (Å²) in [5, 5.41) is 3.16. The Morgan fingerprint density at radius 2 is 1.74 bits per heavy atom. The second-order valence-electron chi connectivity index (χ2n) is 8.27. The summed E-state index contributed by atoms with van der Waals surface area (Å²) < 4.78 is 12.9. The zero-order valence-electron chi connectivity index (χ0n) is 19.9. The first-order valence-electron chi connectivity index (χ1n) is 11.1. The van der Waals surface area contributed by atoms with Gasteiger partial charge in [0, 0.05) is 23.4 Å². The summed E-state index contributed by atoms with van der Waals surface area (Å²) in [5.41, 5.74) is 3.86. The van der Waals surface area contributed by atoms with Gasteiger partial charge in [0.05, 0.1) is 44.0 Å². The molecule has 34 heavy (non-hydrogen) atoms. The van der Waals surface area contributed by atoms with Crippen LogP contribution in [0.5, 0.6) is 11.5 Å². The van der Waals surface area contributed by atoms with E-state index < -0.39 is 0 Å². The first kappa shape index (κ1) is 23.3. The summed E-state index contributed by atoms with van der Waals surface area (Å²) in [5.74, 6) is 1.25. The maximum absolute atomic E-state index is 12.9. The normalized spacial score (nSPS) is 12.0. The number of rotatable bonds is 9. The predicted octanol–water partition coefficient (Wildman–Crippen LogP) is 3.84. The molecule has 176 valence electrons. The summed E-state index contributed by atoms with van der Waals surface area (Å²) in [6.45, 7) is 0.795. The molecular formula is C26H29N5O3. The van der Waals surface area contributed by atoms with Crippen LogP contribution in [-0.4, -0.2) is 60.0 Å². The van der Waals surface area contributed by atoms with Gasteiger partial charge in [-0.2, -0.15) is 0 Å². The van der Waals surface area contributed by atoms with Crippen LogP contribution >= 0.6 is 0 Å². The zero-order chi connectivity index (χ0) is 24.1. The van der Waals surface area contributed by atoms with E-state index in [1.165, 1.54) is 0 Å². The van der Waals surface area contributed by atoms with Crippen LogP contribution < -0.4 is 14.8 Å². The Morgan fingerprint density at radius 1 is 1.03 bits per heavy atom. The summed E-state index contributed by atoms with van der Waals surface area (Å²) in [7, 11) is 7.27. The van der Waals surface area contributed by atoms with Gasteiger partial charge in [0.1, 0.15) is 11.5 Å². The first-order valence-corrected chi connectivity index (χ1v) is 11.1. The third-order valence-electron chi connectivity index (χ3n) is 5.63. The van der Waals surface area contributed by atoms with E-state index in [0.29, 0.717) is 29.1 Å². The van der Waals surface area contributed by atoms with Crippen LogP contribution in [0, 0.1) is 0 Å². The number of aromatic nitrogens is 3. The lowest BCUT2D eigenvalue weighted by atomic mass is 10.1. The van der Waals surface area contributed by atoms with Gasteiger partial charge in [-0.1, -0.05) is 18.2 Å². The highest BCUT2D eigenvalue weighted by molar-refractivity contribution is 5.94. The monoisotopic (exact) mass is 459 g/mol. The van der Waals surface area contributed by atoms with Gasteiger partial charge >= 0.3 is 0 Å². The summed E-state index contributed by atoms with van der Waals surface area (Å²) in [6, 6.07) is 14.6. The van der Waals surface area contributed by atoms with Crippen LogP contribution in [0.4, 0.5) is 0 Å². The second-order valence-corrected chi connectivity index (χ2v) is 8.27. The number of carbonyl (C=O) groups is 1. The third-order valence-corrected chi connectivity index (χ3v) is 5.63. The molecule has 4 rings (SSSR count). The van der Waals surface area contributed by atoms with Crippen LogP contribution in [0.2, 0.25) is 0 Å². The SMILES string of the molecule is COc1cc(OC)cc(-c2cnc3cnc(C(CCN(C)C)NC(=O)c4ccccc4)cn23)c1. The summed E-state index contributed by atoms with van der Waals surface area (Å²) >= 11 is 0. The topological polar surface area (TPSA) is 81.0 Å². The Morgan fingerprint density at radius 3 is 2.38 bits per heavy atom. The summed E-state index contributed by atoms with van der Waals surface area (Å²) in [6.07, 6.45) is 6.18. The Balaban J connectivity index is 1.72. The molecule has 0 fully saturated rings. The van der Waals surface area contributed by atoms with Crippen LogP contribution in [0.1, 0.15) is 28.5 Å². The van der Waals surface area contributed by atoms with E-state index in [-0.39, 0.29) is 11.9 Å².